The SMILES string of the molecule is COc1cc(C=C2C(=O)NC(=S)NC2=O)ccc1OCc1ccc(C(=O)O)o1. The van der Waals surface area contributed by atoms with Crippen LogP contribution in [0.2, 0.25) is 0 Å². The predicted octanol–water partition coefficient (Wildman–Crippen LogP) is 1.48. The molecule has 1 aliphatic heterocycles. The van der Waals surface area contributed by atoms with Gasteiger partial charge in [-0.15, -0.1) is 0 Å². The van der Waals surface area contributed by atoms with Crippen molar-refractivity contribution in [3.05, 3.63) is 53.0 Å². The van der Waals surface area contributed by atoms with Crippen LogP contribution in [0.3, 0.4) is 0 Å². The first-order valence-electron chi connectivity index (χ1n) is 7.88. The molecule has 2 heterocycles. The number of amides is 2. The van der Waals surface area contributed by atoms with E-state index in [1.54, 1.807) is 18.2 Å². The van der Waals surface area contributed by atoms with Crippen LogP contribution >= 0.6 is 12.2 Å². The van der Waals surface area contributed by atoms with Crippen LogP contribution in [0, 0.1) is 0 Å². The molecule has 0 saturated carbocycles. The molecule has 0 radical (unpaired) electrons. The number of aromatic carboxylic acids is 1. The Balaban J connectivity index is 1.77. The van der Waals surface area contributed by atoms with Crippen molar-refractivity contribution in [1.82, 2.24) is 10.6 Å². The Hall–Kier alpha value is -3.66. The highest BCUT2D eigenvalue weighted by Gasteiger charge is 2.25. The number of nitrogens with one attached hydrogen (secondary N) is 2. The van der Waals surface area contributed by atoms with Gasteiger partial charge in [-0.3, -0.25) is 20.2 Å². The second-order valence-corrected chi connectivity index (χ2v) is 5.97. The van der Waals surface area contributed by atoms with E-state index >= 15 is 0 Å². The molecule has 1 saturated heterocycles. The number of carbonyl (C=O) groups is 3. The lowest BCUT2D eigenvalue weighted by Crippen LogP contribution is -2.51. The van der Waals surface area contributed by atoms with Gasteiger partial charge in [0.1, 0.15) is 17.9 Å². The molecule has 9 nitrogen and oxygen atoms in total. The molecule has 0 spiro atoms. The number of hydrogen-bond donors (Lipinski definition) is 3. The van der Waals surface area contributed by atoms with E-state index < -0.39 is 17.8 Å². The van der Waals surface area contributed by atoms with Crippen molar-refractivity contribution in [2.24, 2.45) is 0 Å². The van der Waals surface area contributed by atoms with Crippen molar-refractivity contribution in [2.75, 3.05) is 7.11 Å². The number of methoxy groups -OCH3 is 1. The summed E-state index contributed by atoms with van der Waals surface area (Å²) in [6.07, 6.45) is 1.39. The highest BCUT2D eigenvalue weighted by Crippen LogP contribution is 2.30. The quantitative estimate of drug-likeness (QED) is 0.377. The standard InChI is InChI=1S/C18H14N2O7S/c1-25-14-7-9(6-11-15(21)19-18(28)20-16(11)22)2-4-12(14)26-8-10-3-5-13(27-10)17(23)24/h2-7H,8H2,1H3,(H,23,24)(H2,19,20,21,22,28). The van der Waals surface area contributed by atoms with E-state index in [1.807, 2.05) is 0 Å². The maximum absolute atomic E-state index is 11.9. The Morgan fingerprint density at radius 1 is 1.18 bits per heavy atom. The van der Waals surface area contributed by atoms with Crippen LogP contribution in [0.4, 0.5) is 0 Å². The number of furan rings is 1. The summed E-state index contributed by atoms with van der Waals surface area (Å²) in [4.78, 5) is 34.7. The second-order valence-electron chi connectivity index (χ2n) is 5.57. The topological polar surface area (TPSA) is 127 Å². The Kier molecular flexibility index (Phi) is 5.41. The number of benzene rings is 1. The fourth-order valence-electron chi connectivity index (χ4n) is 2.39. The van der Waals surface area contributed by atoms with Crippen molar-refractivity contribution in [3.63, 3.8) is 0 Å². The molecule has 1 fully saturated rings. The van der Waals surface area contributed by atoms with Crippen LogP contribution < -0.4 is 20.1 Å². The van der Waals surface area contributed by atoms with Gasteiger partial charge in [0.2, 0.25) is 5.76 Å². The number of rotatable bonds is 6. The zero-order valence-corrected chi connectivity index (χ0v) is 15.3. The van der Waals surface area contributed by atoms with Crippen molar-refractivity contribution in [3.8, 4) is 11.5 Å². The summed E-state index contributed by atoms with van der Waals surface area (Å²) in [5.41, 5.74) is 0.435. The molecular weight excluding hydrogens is 388 g/mol. The summed E-state index contributed by atoms with van der Waals surface area (Å²) in [6, 6.07) is 7.64. The van der Waals surface area contributed by atoms with Gasteiger partial charge < -0.3 is 19.0 Å². The van der Waals surface area contributed by atoms with Crippen molar-refractivity contribution in [1.29, 1.82) is 0 Å². The first-order chi connectivity index (χ1) is 13.4. The number of hydrogen-bond acceptors (Lipinski definition) is 7. The lowest BCUT2D eigenvalue weighted by Gasteiger charge is -2.16. The number of carboxylic acids is 1. The Morgan fingerprint density at radius 3 is 2.50 bits per heavy atom. The summed E-state index contributed by atoms with van der Waals surface area (Å²) in [6.45, 7) is -0.00761. The summed E-state index contributed by atoms with van der Waals surface area (Å²) < 4.78 is 16.0. The highest BCUT2D eigenvalue weighted by molar-refractivity contribution is 7.80. The van der Waals surface area contributed by atoms with Crippen LogP contribution in [-0.4, -0.2) is 35.1 Å². The monoisotopic (exact) mass is 402 g/mol. The first-order valence-corrected chi connectivity index (χ1v) is 8.29. The third-order valence-electron chi connectivity index (χ3n) is 3.68. The summed E-state index contributed by atoms with van der Waals surface area (Å²) in [7, 11) is 1.44. The minimum absolute atomic E-state index is 0.00761. The van der Waals surface area contributed by atoms with Gasteiger partial charge in [-0.25, -0.2) is 4.79 Å². The number of carboxylic acid groups (broad SMARTS) is 1. The zero-order chi connectivity index (χ0) is 20.3. The lowest BCUT2D eigenvalue weighted by molar-refractivity contribution is -0.123. The third-order valence-corrected chi connectivity index (χ3v) is 3.89. The summed E-state index contributed by atoms with van der Waals surface area (Å²) in [5, 5.41) is 13.5. The maximum Gasteiger partial charge on any atom is 0.371 e. The van der Waals surface area contributed by atoms with Gasteiger partial charge in [0.25, 0.3) is 11.8 Å². The van der Waals surface area contributed by atoms with E-state index in [0.717, 1.165) is 0 Å². The van der Waals surface area contributed by atoms with Crippen LogP contribution in [0.15, 0.2) is 40.3 Å². The van der Waals surface area contributed by atoms with Gasteiger partial charge in [-0.05, 0) is 48.1 Å². The predicted molar refractivity (Wildman–Crippen MR) is 99.9 cm³/mol. The highest BCUT2D eigenvalue weighted by atomic mass is 32.1. The normalized spacial score (nSPS) is 13.6. The van der Waals surface area contributed by atoms with Gasteiger partial charge >= 0.3 is 5.97 Å². The minimum Gasteiger partial charge on any atom is -0.493 e. The van der Waals surface area contributed by atoms with Gasteiger partial charge in [0.05, 0.1) is 7.11 Å². The molecule has 10 heteroatoms. The van der Waals surface area contributed by atoms with Crippen LogP contribution in [0.5, 0.6) is 11.5 Å². The first kappa shape index (κ1) is 19.1. The van der Waals surface area contributed by atoms with E-state index in [1.165, 1.54) is 25.3 Å². The van der Waals surface area contributed by atoms with Crippen molar-refractivity contribution in [2.45, 2.75) is 6.61 Å². The number of carbonyl (C=O) groups excluding carboxylic acids is 2. The average Bonchev–Trinajstić information content (AvgIpc) is 3.12. The van der Waals surface area contributed by atoms with Crippen LogP contribution in [0.1, 0.15) is 21.9 Å². The molecule has 1 aromatic carbocycles. The minimum atomic E-state index is -1.17. The molecular formula is C18H14N2O7S. The molecule has 144 valence electrons. The molecule has 0 bridgehead atoms. The molecule has 3 N–H and O–H groups in total. The van der Waals surface area contributed by atoms with E-state index in [4.69, 9.17) is 31.2 Å². The van der Waals surface area contributed by atoms with E-state index in [2.05, 4.69) is 10.6 Å². The van der Waals surface area contributed by atoms with Gasteiger partial charge in [0, 0.05) is 0 Å². The van der Waals surface area contributed by atoms with Gasteiger partial charge in [-0.1, -0.05) is 6.07 Å². The molecule has 3 rings (SSSR count). The van der Waals surface area contributed by atoms with E-state index in [9.17, 15) is 14.4 Å². The number of thiocarbonyl (C=S) groups is 1. The van der Waals surface area contributed by atoms with Crippen molar-refractivity contribution >= 4 is 41.2 Å². The zero-order valence-electron chi connectivity index (χ0n) is 14.5. The van der Waals surface area contributed by atoms with Gasteiger partial charge in [0.15, 0.2) is 16.6 Å². The van der Waals surface area contributed by atoms with Crippen LogP contribution in [-0.2, 0) is 16.2 Å². The summed E-state index contributed by atoms with van der Waals surface area (Å²) in [5.74, 6) is -1.49. The molecule has 2 amide bonds. The fourth-order valence-corrected chi connectivity index (χ4v) is 2.57. The molecule has 28 heavy (non-hydrogen) atoms. The van der Waals surface area contributed by atoms with Crippen molar-refractivity contribution < 1.29 is 33.4 Å². The molecule has 1 aromatic heterocycles. The Labute approximate surface area is 163 Å². The number of ether oxygens (including phenoxy) is 2. The molecule has 2 aromatic rings. The molecule has 0 aliphatic carbocycles. The van der Waals surface area contributed by atoms with E-state index in [-0.39, 0.29) is 23.1 Å². The van der Waals surface area contributed by atoms with E-state index in [0.29, 0.717) is 22.8 Å². The molecule has 0 atom stereocenters. The Morgan fingerprint density at radius 2 is 1.89 bits per heavy atom. The smallest absolute Gasteiger partial charge is 0.371 e. The molecule has 0 unspecified atom stereocenters. The lowest BCUT2D eigenvalue weighted by atomic mass is 10.1. The summed E-state index contributed by atoms with van der Waals surface area (Å²) >= 11 is 4.75. The second kappa shape index (κ2) is 7.92. The van der Waals surface area contributed by atoms with Gasteiger partial charge in [-0.2, -0.15) is 0 Å². The maximum atomic E-state index is 11.9. The Bertz CT molecular complexity index is 987. The van der Waals surface area contributed by atoms with Crippen LogP contribution in [0.25, 0.3) is 6.08 Å². The third kappa shape index (κ3) is 4.18. The fraction of sp³-hybridized carbons (Fsp3) is 0.111. The molecule has 1 aliphatic rings. The average molecular weight is 402 g/mol. The largest absolute Gasteiger partial charge is 0.493 e.